The van der Waals surface area contributed by atoms with Gasteiger partial charge in [-0.2, -0.15) is 0 Å². The van der Waals surface area contributed by atoms with Crippen LogP contribution in [0.25, 0.3) is 0 Å². The molecule has 0 aromatic rings. The van der Waals surface area contributed by atoms with Crippen LogP contribution < -0.4 is 0 Å². The van der Waals surface area contributed by atoms with Crippen molar-refractivity contribution in [2.75, 3.05) is 0 Å². The molecule has 0 aromatic heterocycles. The van der Waals surface area contributed by atoms with Crippen LogP contribution in [0.2, 0.25) is 0 Å². The normalized spacial score (nSPS) is 8.11. The van der Waals surface area contributed by atoms with Gasteiger partial charge in [-0.3, -0.25) is 0 Å². The molecule has 1 heteroatoms. The van der Waals surface area contributed by atoms with E-state index in [9.17, 15) is 0 Å². The summed E-state index contributed by atoms with van der Waals surface area (Å²) >= 11 is 0. The van der Waals surface area contributed by atoms with E-state index in [1.165, 1.54) is 32.1 Å². The number of rotatable bonds is 5. The first kappa shape index (κ1) is 12.1. The molecule has 58 valence electrons. The van der Waals surface area contributed by atoms with Crippen molar-refractivity contribution < 1.29 is 20.4 Å². The van der Waals surface area contributed by atoms with Gasteiger partial charge in [-0.25, -0.2) is 0 Å². The standard InChI is InChI=1S/C8H16.Pd/c1-3-5-7-8-6-4-2;/h3H,1,4-8H2,2H3;. The van der Waals surface area contributed by atoms with Crippen molar-refractivity contribution in [3.05, 3.63) is 12.7 Å². The second-order valence-electron chi connectivity index (χ2n) is 2.14. The van der Waals surface area contributed by atoms with Crippen molar-refractivity contribution >= 4 is 0 Å². The van der Waals surface area contributed by atoms with Crippen molar-refractivity contribution in [3.63, 3.8) is 0 Å². The molecular weight excluding hydrogens is 203 g/mol. The fraction of sp³-hybridized carbons (Fsp3) is 0.750. The molecule has 0 heterocycles. The number of hydrogen-bond acceptors (Lipinski definition) is 0. The van der Waals surface area contributed by atoms with Gasteiger partial charge in [0, 0.05) is 20.4 Å². The van der Waals surface area contributed by atoms with Gasteiger partial charge in [0.1, 0.15) is 0 Å². The van der Waals surface area contributed by atoms with Crippen molar-refractivity contribution in [3.8, 4) is 0 Å². The third kappa shape index (κ3) is 11.8. The molecule has 0 amide bonds. The molecule has 0 rings (SSSR count). The average Bonchev–Trinajstić information content (AvgIpc) is 1.81. The van der Waals surface area contributed by atoms with Crippen LogP contribution in [0, 0.1) is 0 Å². The summed E-state index contributed by atoms with van der Waals surface area (Å²) in [5.41, 5.74) is 0. The molecule has 0 aliphatic rings. The van der Waals surface area contributed by atoms with Crippen LogP contribution in [0.3, 0.4) is 0 Å². The summed E-state index contributed by atoms with van der Waals surface area (Å²) in [4.78, 5) is 0. The van der Waals surface area contributed by atoms with E-state index < -0.39 is 0 Å². The Hall–Kier alpha value is 0.402. The Bertz CT molecular complexity index is 50.5. The second-order valence-corrected chi connectivity index (χ2v) is 2.14. The SMILES string of the molecule is C=CCCCCCC.[Pd]. The van der Waals surface area contributed by atoms with E-state index in [1.54, 1.807) is 0 Å². The van der Waals surface area contributed by atoms with Gasteiger partial charge >= 0.3 is 0 Å². The van der Waals surface area contributed by atoms with E-state index >= 15 is 0 Å². The van der Waals surface area contributed by atoms with Crippen molar-refractivity contribution in [1.29, 1.82) is 0 Å². The first-order chi connectivity index (χ1) is 3.91. The maximum Gasteiger partial charge on any atom is 0 e. The molecule has 0 unspecified atom stereocenters. The Kier molecular flexibility index (Phi) is 15.1. The van der Waals surface area contributed by atoms with E-state index in [0.717, 1.165) is 0 Å². The number of allylic oxidation sites excluding steroid dienone is 1. The summed E-state index contributed by atoms with van der Waals surface area (Å²) in [6.45, 7) is 5.89. The van der Waals surface area contributed by atoms with Crippen molar-refractivity contribution in [1.82, 2.24) is 0 Å². The predicted octanol–water partition coefficient (Wildman–Crippen LogP) is 3.14. The summed E-state index contributed by atoms with van der Waals surface area (Å²) in [5.74, 6) is 0. The summed E-state index contributed by atoms with van der Waals surface area (Å²) in [6, 6.07) is 0. The maximum absolute atomic E-state index is 3.66. The Balaban J connectivity index is 0. The van der Waals surface area contributed by atoms with E-state index in [-0.39, 0.29) is 20.4 Å². The monoisotopic (exact) mass is 218 g/mol. The quantitative estimate of drug-likeness (QED) is 0.378. The minimum absolute atomic E-state index is 0. The Morgan fingerprint density at radius 1 is 1.22 bits per heavy atom. The molecule has 0 aromatic carbocycles. The van der Waals surface area contributed by atoms with Crippen LogP contribution in [-0.2, 0) is 20.4 Å². The molecule has 0 N–H and O–H groups in total. The minimum atomic E-state index is 0. The van der Waals surface area contributed by atoms with E-state index in [0.29, 0.717) is 0 Å². The van der Waals surface area contributed by atoms with Crippen LogP contribution in [0.1, 0.15) is 39.0 Å². The summed E-state index contributed by atoms with van der Waals surface area (Å²) in [5, 5.41) is 0. The molecule has 0 saturated carbocycles. The summed E-state index contributed by atoms with van der Waals surface area (Å²) in [6.07, 6.45) is 8.61. The predicted molar refractivity (Wildman–Crippen MR) is 39.0 cm³/mol. The van der Waals surface area contributed by atoms with E-state index in [4.69, 9.17) is 0 Å². The minimum Gasteiger partial charge on any atom is -0.103 e. The molecule has 0 nitrogen and oxygen atoms in total. The van der Waals surface area contributed by atoms with Crippen LogP contribution in [0.4, 0.5) is 0 Å². The Morgan fingerprint density at radius 2 is 1.89 bits per heavy atom. The summed E-state index contributed by atoms with van der Waals surface area (Å²) in [7, 11) is 0. The van der Waals surface area contributed by atoms with E-state index in [1.807, 2.05) is 6.08 Å². The molecule has 0 fully saturated rings. The van der Waals surface area contributed by atoms with Crippen LogP contribution in [0.15, 0.2) is 12.7 Å². The fourth-order valence-corrected chi connectivity index (χ4v) is 0.715. The van der Waals surface area contributed by atoms with Gasteiger partial charge in [0.2, 0.25) is 0 Å². The number of hydrogen-bond donors (Lipinski definition) is 0. The summed E-state index contributed by atoms with van der Waals surface area (Å²) < 4.78 is 0. The molecule has 0 aliphatic heterocycles. The molecule has 0 atom stereocenters. The van der Waals surface area contributed by atoms with Crippen LogP contribution in [0.5, 0.6) is 0 Å². The smallest absolute Gasteiger partial charge is 0 e. The zero-order valence-corrected chi connectivity index (χ0v) is 7.69. The van der Waals surface area contributed by atoms with Gasteiger partial charge in [-0.1, -0.05) is 32.3 Å². The largest absolute Gasteiger partial charge is 0.103 e. The second kappa shape index (κ2) is 11.2. The fourth-order valence-electron chi connectivity index (χ4n) is 0.715. The molecule has 0 radical (unpaired) electrons. The Labute approximate surface area is 72.4 Å². The average molecular weight is 219 g/mol. The third-order valence-corrected chi connectivity index (χ3v) is 1.26. The van der Waals surface area contributed by atoms with Crippen LogP contribution >= 0.6 is 0 Å². The zero-order valence-electron chi connectivity index (χ0n) is 6.14. The first-order valence-electron chi connectivity index (χ1n) is 3.52. The van der Waals surface area contributed by atoms with Gasteiger partial charge < -0.3 is 0 Å². The van der Waals surface area contributed by atoms with Gasteiger partial charge in [-0.15, -0.1) is 6.58 Å². The van der Waals surface area contributed by atoms with Crippen molar-refractivity contribution in [2.24, 2.45) is 0 Å². The van der Waals surface area contributed by atoms with Gasteiger partial charge in [-0.05, 0) is 12.8 Å². The molecule has 0 saturated heterocycles. The molecule has 9 heavy (non-hydrogen) atoms. The molecular formula is C8H16Pd. The van der Waals surface area contributed by atoms with Gasteiger partial charge in [0.25, 0.3) is 0 Å². The van der Waals surface area contributed by atoms with Crippen molar-refractivity contribution in [2.45, 2.75) is 39.0 Å². The molecule has 0 spiro atoms. The van der Waals surface area contributed by atoms with Crippen LogP contribution in [-0.4, -0.2) is 0 Å². The van der Waals surface area contributed by atoms with E-state index in [2.05, 4.69) is 13.5 Å². The molecule has 0 aliphatic carbocycles. The third-order valence-electron chi connectivity index (χ3n) is 1.26. The maximum atomic E-state index is 3.66. The van der Waals surface area contributed by atoms with Gasteiger partial charge in [0.05, 0.1) is 0 Å². The first-order valence-corrected chi connectivity index (χ1v) is 3.52. The number of unbranched alkanes of at least 4 members (excludes halogenated alkanes) is 4. The molecule has 0 bridgehead atoms. The zero-order chi connectivity index (χ0) is 6.24. The topological polar surface area (TPSA) is 0 Å². The van der Waals surface area contributed by atoms with Gasteiger partial charge in [0.15, 0.2) is 0 Å². The Morgan fingerprint density at radius 3 is 2.33 bits per heavy atom.